The second-order valence-corrected chi connectivity index (χ2v) is 5.40. The third kappa shape index (κ3) is 5.34. The van der Waals surface area contributed by atoms with Gasteiger partial charge in [-0.1, -0.05) is 32.0 Å². The van der Waals surface area contributed by atoms with E-state index in [1.165, 1.54) is 0 Å². The second kappa shape index (κ2) is 10.7. The van der Waals surface area contributed by atoms with Crippen LogP contribution in [0.3, 0.4) is 0 Å². The lowest BCUT2D eigenvalue weighted by molar-refractivity contribution is -0.131. The van der Waals surface area contributed by atoms with E-state index in [-0.39, 0.29) is 30.7 Å². The summed E-state index contributed by atoms with van der Waals surface area (Å²) in [6, 6.07) is 8.09. The molecule has 0 unspecified atom stereocenters. The Labute approximate surface area is 146 Å². The minimum Gasteiger partial charge on any atom is -0.377 e. The van der Waals surface area contributed by atoms with Gasteiger partial charge in [-0.15, -0.1) is 24.8 Å². The first-order chi connectivity index (χ1) is 9.50. The van der Waals surface area contributed by atoms with Gasteiger partial charge in [-0.3, -0.25) is 4.79 Å². The van der Waals surface area contributed by atoms with Crippen molar-refractivity contribution in [3.05, 3.63) is 29.8 Å². The van der Waals surface area contributed by atoms with Gasteiger partial charge in [-0.25, -0.2) is 0 Å². The number of anilines is 1. The maximum Gasteiger partial charge on any atom is 0.227 e. The van der Waals surface area contributed by atoms with Crippen molar-refractivity contribution in [1.29, 1.82) is 0 Å². The Bertz CT molecular complexity index is 441. The van der Waals surface area contributed by atoms with Crippen LogP contribution in [-0.4, -0.2) is 26.5 Å². The summed E-state index contributed by atoms with van der Waals surface area (Å²) in [4.78, 5) is 14.5. The number of hydrogen-bond acceptors (Lipinski definition) is 3. The molecule has 0 bridgehead atoms. The monoisotopic (exact) mass is 349 g/mol. The Hall–Kier alpha value is -0.970. The van der Waals surface area contributed by atoms with E-state index >= 15 is 0 Å². The number of nitrogens with two attached hydrogens (primary N) is 1. The number of rotatable bonds is 7. The van der Waals surface area contributed by atoms with E-state index in [4.69, 9.17) is 5.73 Å². The quantitative estimate of drug-likeness (QED) is 0.795. The lowest BCUT2D eigenvalue weighted by Crippen LogP contribution is -2.45. The summed E-state index contributed by atoms with van der Waals surface area (Å²) in [7, 11) is 4.01. The predicted octanol–water partition coefficient (Wildman–Crippen LogP) is 2.98. The number of halogens is 2. The van der Waals surface area contributed by atoms with Gasteiger partial charge in [0.15, 0.2) is 0 Å². The molecular weight excluding hydrogens is 321 g/mol. The molecule has 0 heterocycles. The van der Waals surface area contributed by atoms with Crippen LogP contribution in [0, 0.1) is 5.41 Å². The fraction of sp³-hybridized carbons (Fsp3) is 0.562. The summed E-state index contributed by atoms with van der Waals surface area (Å²) in [5.74, 6) is 0.0542. The van der Waals surface area contributed by atoms with E-state index in [9.17, 15) is 4.79 Å². The average molecular weight is 350 g/mol. The zero-order chi connectivity index (χ0) is 15.2. The zero-order valence-corrected chi connectivity index (χ0v) is 15.5. The van der Waals surface area contributed by atoms with Crippen LogP contribution in [0.1, 0.15) is 32.3 Å². The van der Waals surface area contributed by atoms with Crippen molar-refractivity contribution in [3.63, 3.8) is 0 Å². The largest absolute Gasteiger partial charge is 0.377 e. The smallest absolute Gasteiger partial charge is 0.227 e. The predicted molar refractivity (Wildman–Crippen MR) is 99.2 cm³/mol. The van der Waals surface area contributed by atoms with Crippen LogP contribution in [-0.2, 0) is 11.3 Å². The summed E-state index contributed by atoms with van der Waals surface area (Å²) in [5.41, 5.74) is 7.61. The molecule has 0 fully saturated rings. The van der Waals surface area contributed by atoms with E-state index in [0.717, 1.165) is 24.1 Å². The van der Waals surface area contributed by atoms with Crippen LogP contribution >= 0.6 is 24.8 Å². The molecule has 22 heavy (non-hydrogen) atoms. The van der Waals surface area contributed by atoms with E-state index < -0.39 is 5.41 Å². The van der Waals surface area contributed by atoms with E-state index in [2.05, 4.69) is 16.3 Å². The van der Waals surface area contributed by atoms with Crippen molar-refractivity contribution in [2.75, 3.05) is 25.5 Å². The van der Waals surface area contributed by atoms with Gasteiger partial charge in [0.1, 0.15) is 0 Å². The van der Waals surface area contributed by atoms with Crippen molar-refractivity contribution >= 4 is 36.4 Å². The molecule has 1 aromatic carbocycles. The van der Waals surface area contributed by atoms with Gasteiger partial charge in [0.25, 0.3) is 0 Å². The third-order valence-corrected chi connectivity index (χ3v) is 4.14. The number of carbonyl (C=O) groups is 1. The number of nitrogens with one attached hydrogen (secondary N) is 1. The van der Waals surface area contributed by atoms with Crippen molar-refractivity contribution in [2.24, 2.45) is 11.1 Å². The van der Waals surface area contributed by atoms with E-state index in [1.54, 1.807) is 0 Å². The molecule has 0 aliphatic heterocycles. The summed E-state index contributed by atoms with van der Waals surface area (Å²) in [6.07, 6.45) is 1.53. The van der Waals surface area contributed by atoms with Gasteiger partial charge in [0.2, 0.25) is 5.91 Å². The lowest BCUT2D eigenvalue weighted by atomic mass is 9.81. The van der Waals surface area contributed by atoms with Gasteiger partial charge in [0.05, 0.1) is 5.41 Å². The molecule has 0 saturated heterocycles. The first kappa shape index (κ1) is 23.3. The maximum atomic E-state index is 12.4. The number of benzene rings is 1. The van der Waals surface area contributed by atoms with Crippen molar-refractivity contribution < 1.29 is 4.79 Å². The van der Waals surface area contributed by atoms with E-state index in [0.29, 0.717) is 13.1 Å². The highest BCUT2D eigenvalue weighted by molar-refractivity contribution is 5.85. The molecule has 128 valence electrons. The first-order valence-electron chi connectivity index (χ1n) is 7.24. The summed E-state index contributed by atoms with van der Waals surface area (Å²) >= 11 is 0. The fourth-order valence-electron chi connectivity index (χ4n) is 2.41. The van der Waals surface area contributed by atoms with Crippen molar-refractivity contribution in [1.82, 2.24) is 5.32 Å². The molecule has 4 nitrogen and oxygen atoms in total. The summed E-state index contributed by atoms with van der Waals surface area (Å²) < 4.78 is 0. The number of carbonyl (C=O) groups excluding carboxylic acids is 1. The number of hydrogen-bond donors (Lipinski definition) is 2. The topological polar surface area (TPSA) is 58.4 Å². The Morgan fingerprint density at radius 1 is 1.18 bits per heavy atom. The van der Waals surface area contributed by atoms with Crippen LogP contribution in [0.15, 0.2) is 24.3 Å². The summed E-state index contributed by atoms with van der Waals surface area (Å²) in [6.45, 7) is 4.96. The Kier molecular flexibility index (Phi) is 11.3. The van der Waals surface area contributed by atoms with Crippen LogP contribution < -0.4 is 16.0 Å². The molecule has 0 aromatic heterocycles. The molecule has 0 spiro atoms. The van der Waals surface area contributed by atoms with E-state index in [1.807, 2.05) is 46.1 Å². The summed E-state index contributed by atoms with van der Waals surface area (Å²) in [5, 5.41) is 3.04. The highest BCUT2D eigenvalue weighted by Gasteiger charge is 2.33. The molecule has 6 heteroatoms. The SMILES string of the molecule is CCC(CC)(CN)C(=O)NCc1ccccc1N(C)C.Cl.Cl. The van der Waals surface area contributed by atoms with Crippen LogP contribution in [0.25, 0.3) is 0 Å². The average Bonchev–Trinajstić information content (AvgIpc) is 2.47. The maximum absolute atomic E-state index is 12.4. The Morgan fingerprint density at radius 3 is 2.18 bits per heavy atom. The van der Waals surface area contributed by atoms with Gasteiger partial charge >= 0.3 is 0 Å². The minimum atomic E-state index is -0.437. The second-order valence-electron chi connectivity index (χ2n) is 5.40. The molecule has 1 amide bonds. The van der Waals surface area contributed by atoms with Gasteiger partial charge in [-0.05, 0) is 24.5 Å². The number of para-hydroxylation sites is 1. The highest BCUT2D eigenvalue weighted by Crippen LogP contribution is 2.25. The molecule has 1 aromatic rings. The van der Waals surface area contributed by atoms with Crippen LogP contribution in [0.4, 0.5) is 5.69 Å². The first-order valence-corrected chi connectivity index (χ1v) is 7.24. The molecule has 0 radical (unpaired) electrons. The van der Waals surface area contributed by atoms with Gasteiger partial charge in [0, 0.05) is 32.9 Å². The molecule has 1 rings (SSSR count). The molecular formula is C16H29Cl2N3O. The highest BCUT2D eigenvalue weighted by atomic mass is 35.5. The standard InChI is InChI=1S/C16H27N3O.2ClH/c1-5-16(6-2,12-17)15(20)18-11-13-9-7-8-10-14(13)19(3)4;;/h7-10H,5-6,11-12,17H2,1-4H3,(H,18,20);2*1H. The van der Waals surface area contributed by atoms with Gasteiger partial charge < -0.3 is 16.0 Å². The lowest BCUT2D eigenvalue weighted by Gasteiger charge is -2.29. The number of amides is 1. The molecule has 0 aliphatic carbocycles. The third-order valence-electron chi connectivity index (χ3n) is 4.14. The number of nitrogens with zero attached hydrogens (tertiary/aromatic N) is 1. The Morgan fingerprint density at radius 2 is 1.73 bits per heavy atom. The molecule has 0 atom stereocenters. The molecule has 0 aliphatic rings. The van der Waals surface area contributed by atoms with Gasteiger partial charge in [-0.2, -0.15) is 0 Å². The normalized spacial score (nSPS) is 10.2. The van der Waals surface area contributed by atoms with Crippen molar-refractivity contribution in [2.45, 2.75) is 33.2 Å². The van der Waals surface area contributed by atoms with Crippen molar-refractivity contribution in [3.8, 4) is 0 Å². The minimum absolute atomic E-state index is 0. The molecule has 0 saturated carbocycles. The zero-order valence-electron chi connectivity index (χ0n) is 13.9. The fourth-order valence-corrected chi connectivity index (χ4v) is 2.41. The Balaban J connectivity index is 0. The molecule has 3 N–H and O–H groups in total. The van der Waals surface area contributed by atoms with Crippen LogP contribution in [0.2, 0.25) is 0 Å². The van der Waals surface area contributed by atoms with Crippen LogP contribution in [0.5, 0.6) is 0 Å².